The van der Waals surface area contributed by atoms with Gasteiger partial charge in [0.25, 0.3) is 0 Å². The number of halogens is 1. The third kappa shape index (κ3) is 1.20. The van der Waals surface area contributed by atoms with E-state index in [2.05, 4.69) is 0 Å². The number of fused-ring (bicyclic) bond motifs is 1. The first-order chi connectivity index (χ1) is 6.65. The molecule has 0 heterocycles. The van der Waals surface area contributed by atoms with E-state index in [0.717, 1.165) is 5.56 Å². The van der Waals surface area contributed by atoms with Gasteiger partial charge in [0.1, 0.15) is 11.6 Å². The van der Waals surface area contributed by atoms with Crippen LogP contribution in [0.2, 0.25) is 0 Å². The van der Waals surface area contributed by atoms with Crippen LogP contribution in [-0.4, -0.2) is 12.2 Å². The zero-order valence-corrected chi connectivity index (χ0v) is 8.25. The molecule has 76 valence electrons. The van der Waals surface area contributed by atoms with Gasteiger partial charge in [-0.15, -0.1) is 0 Å². The van der Waals surface area contributed by atoms with Crippen LogP contribution >= 0.6 is 0 Å². The lowest BCUT2D eigenvalue weighted by Gasteiger charge is -2.10. The number of hydrogen-bond donors (Lipinski definition) is 1. The minimum atomic E-state index is -0.694. The summed E-state index contributed by atoms with van der Waals surface area (Å²) in [6.07, 6.45) is -0.0163. The molecular weight excluding hydrogens is 183 g/mol. The van der Waals surface area contributed by atoms with Crippen LogP contribution in [0.1, 0.15) is 24.2 Å². The van der Waals surface area contributed by atoms with Gasteiger partial charge in [-0.3, -0.25) is 0 Å². The largest absolute Gasteiger partial charge is 0.496 e. The van der Waals surface area contributed by atoms with E-state index in [1.807, 2.05) is 6.92 Å². The summed E-state index contributed by atoms with van der Waals surface area (Å²) in [5.41, 5.74) is 1.23. The highest BCUT2D eigenvalue weighted by Crippen LogP contribution is 2.41. The Morgan fingerprint density at radius 1 is 1.50 bits per heavy atom. The fourth-order valence-electron chi connectivity index (χ4n) is 2.06. The van der Waals surface area contributed by atoms with Crippen molar-refractivity contribution in [3.8, 4) is 5.75 Å². The number of aliphatic hydroxyl groups excluding tert-OH is 1. The molecule has 2 unspecified atom stereocenters. The van der Waals surface area contributed by atoms with E-state index in [0.29, 0.717) is 17.7 Å². The van der Waals surface area contributed by atoms with Crippen LogP contribution in [0.3, 0.4) is 0 Å². The molecule has 3 heteroatoms. The molecule has 0 bridgehead atoms. The molecule has 1 N–H and O–H groups in total. The summed E-state index contributed by atoms with van der Waals surface area (Å²) in [4.78, 5) is 0. The predicted molar refractivity (Wildman–Crippen MR) is 50.8 cm³/mol. The summed E-state index contributed by atoms with van der Waals surface area (Å²) in [5, 5.41) is 9.76. The van der Waals surface area contributed by atoms with Gasteiger partial charge in [-0.2, -0.15) is 0 Å². The van der Waals surface area contributed by atoms with Crippen molar-refractivity contribution in [1.29, 1.82) is 0 Å². The van der Waals surface area contributed by atoms with Gasteiger partial charge in [-0.25, -0.2) is 4.39 Å². The lowest BCUT2D eigenvalue weighted by molar-refractivity contribution is 0.129. The lowest BCUT2D eigenvalue weighted by atomic mass is 10.1. The highest BCUT2D eigenvalue weighted by Gasteiger charge is 2.32. The van der Waals surface area contributed by atoms with Crippen LogP contribution in [0, 0.1) is 11.7 Å². The molecule has 0 saturated heterocycles. The van der Waals surface area contributed by atoms with Crippen LogP contribution in [0.5, 0.6) is 5.75 Å². The average molecular weight is 196 g/mol. The zero-order chi connectivity index (χ0) is 10.3. The SMILES string of the molecule is COc1ccc(F)c2c1CC(C)C2O. The van der Waals surface area contributed by atoms with Gasteiger partial charge in [-0.1, -0.05) is 6.92 Å². The fourth-order valence-corrected chi connectivity index (χ4v) is 2.06. The van der Waals surface area contributed by atoms with Crippen molar-refractivity contribution in [2.24, 2.45) is 5.92 Å². The van der Waals surface area contributed by atoms with Crippen molar-refractivity contribution in [2.45, 2.75) is 19.4 Å². The van der Waals surface area contributed by atoms with Crippen LogP contribution in [-0.2, 0) is 6.42 Å². The third-order valence-electron chi connectivity index (χ3n) is 2.84. The van der Waals surface area contributed by atoms with Crippen molar-refractivity contribution in [3.05, 3.63) is 29.1 Å². The summed E-state index contributed by atoms with van der Waals surface area (Å²) in [7, 11) is 1.56. The van der Waals surface area contributed by atoms with E-state index >= 15 is 0 Å². The maximum atomic E-state index is 13.4. The molecule has 0 spiro atoms. The van der Waals surface area contributed by atoms with Gasteiger partial charge in [0.2, 0.25) is 0 Å². The Morgan fingerprint density at radius 3 is 2.86 bits per heavy atom. The molecule has 14 heavy (non-hydrogen) atoms. The molecule has 1 aromatic carbocycles. The summed E-state index contributed by atoms with van der Waals surface area (Å²) < 4.78 is 18.5. The molecule has 0 aliphatic heterocycles. The molecule has 2 rings (SSSR count). The molecule has 0 fully saturated rings. The van der Waals surface area contributed by atoms with E-state index in [-0.39, 0.29) is 11.7 Å². The topological polar surface area (TPSA) is 29.5 Å². The summed E-state index contributed by atoms with van der Waals surface area (Å²) in [5.74, 6) is 0.401. The Bertz CT molecular complexity index is 363. The van der Waals surface area contributed by atoms with Crippen molar-refractivity contribution in [1.82, 2.24) is 0 Å². The van der Waals surface area contributed by atoms with Crippen molar-refractivity contribution >= 4 is 0 Å². The van der Waals surface area contributed by atoms with E-state index in [1.54, 1.807) is 13.2 Å². The Morgan fingerprint density at radius 2 is 2.21 bits per heavy atom. The van der Waals surface area contributed by atoms with E-state index in [4.69, 9.17) is 4.74 Å². The summed E-state index contributed by atoms with van der Waals surface area (Å²) >= 11 is 0. The van der Waals surface area contributed by atoms with Crippen molar-refractivity contribution in [3.63, 3.8) is 0 Å². The highest BCUT2D eigenvalue weighted by molar-refractivity contribution is 5.45. The monoisotopic (exact) mass is 196 g/mol. The van der Waals surface area contributed by atoms with Gasteiger partial charge in [0, 0.05) is 11.1 Å². The number of benzene rings is 1. The second-order valence-corrected chi connectivity index (χ2v) is 3.77. The third-order valence-corrected chi connectivity index (χ3v) is 2.84. The number of hydrogen-bond acceptors (Lipinski definition) is 2. The lowest BCUT2D eigenvalue weighted by Crippen LogP contribution is -2.02. The molecule has 1 aliphatic rings. The van der Waals surface area contributed by atoms with Crippen LogP contribution in [0.25, 0.3) is 0 Å². The van der Waals surface area contributed by atoms with Gasteiger partial charge < -0.3 is 9.84 Å². The van der Waals surface area contributed by atoms with Crippen LogP contribution in [0.4, 0.5) is 4.39 Å². The van der Waals surface area contributed by atoms with Gasteiger partial charge in [0.15, 0.2) is 0 Å². The van der Waals surface area contributed by atoms with Crippen LogP contribution in [0.15, 0.2) is 12.1 Å². The maximum Gasteiger partial charge on any atom is 0.129 e. The molecule has 0 saturated carbocycles. The molecule has 0 amide bonds. The first kappa shape index (κ1) is 9.46. The minimum absolute atomic E-state index is 0.0656. The van der Waals surface area contributed by atoms with E-state index < -0.39 is 6.10 Å². The van der Waals surface area contributed by atoms with Crippen molar-refractivity contribution in [2.75, 3.05) is 7.11 Å². The standard InChI is InChI=1S/C11H13FO2/c1-6-5-7-9(14-2)4-3-8(12)10(7)11(6)13/h3-4,6,11,13H,5H2,1-2H3. The summed E-state index contributed by atoms with van der Waals surface area (Å²) in [6, 6.07) is 2.96. The van der Waals surface area contributed by atoms with Gasteiger partial charge in [-0.05, 0) is 24.5 Å². The first-order valence-corrected chi connectivity index (χ1v) is 4.68. The number of rotatable bonds is 1. The second kappa shape index (κ2) is 3.24. The fraction of sp³-hybridized carbons (Fsp3) is 0.455. The Hall–Kier alpha value is -1.09. The minimum Gasteiger partial charge on any atom is -0.496 e. The Balaban J connectivity index is 2.58. The zero-order valence-electron chi connectivity index (χ0n) is 8.25. The summed E-state index contributed by atoms with van der Waals surface area (Å²) in [6.45, 7) is 1.91. The molecular formula is C11H13FO2. The Labute approximate surface area is 82.3 Å². The highest BCUT2D eigenvalue weighted by atomic mass is 19.1. The molecule has 2 nitrogen and oxygen atoms in total. The van der Waals surface area contributed by atoms with E-state index in [1.165, 1.54) is 6.07 Å². The molecule has 1 aromatic rings. The Kier molecular flexibility index (Phi) is 2.19. The number of aliphatic hydroxyl groups is 1. The molecule has 0 radical (unpaired) electrons. The van der Waals surface area contributed by atoms with Gasteiger partial charge in [0.05, 0.1) is 13.2 Å². The average Bonchev–Trinajstić information content (AvgIpc) is 2.45. The maximum absolute atomic E-state index is 13.4. The predicted octanol–water partition coefficient (Wildman–Crippen LogP) is 2.06. The number of methoxy groups -OCH3 is 1. The quantitative estimate of drug-likeness (QED) is 0.745. The normalized spacial score (nSPS) is 24.9. The number of ether oxygens (including phenoxy) is 1. The van der Waals surface area contributed by atoms with E-state index in [9.17, 15) is 9.50 Å². The first-order valence-electron chi connectivity index (χ1n) is 4.68. The molecule has 0 aromatic heterocycles. The van der Waals surface area contributed by atoms with Crippen LogP contribution < -0.4 is 4.74 Å². The molecule has 1 aliphatic carbocycles. The smallest absolute Gasteiger partial charge is 0.129 e. The second-order valence-electron chi connectivity index (χ2n) is 3.77. The van der Waals surface area contributed by atoms with Crippen molar-refractivity contribution < 1.29 is 14.2 Å². The van der Waals surface area contributed by atoms with Gasteiger partial charge >= 0.3 is 0 Å². The molecule has 2 atom stereocenters.